The Morgan fingerprint density at radius 3 is 0.890 bits per heavy atom. The van der Waals surface area contributed by atoms with Crippen molar-refractivity contribution in [2.75, 3.05) is 0 Å². The zero-order valence-electron chi connectivity index (χ0n) is 54.1. The summed E-state index contributed by atoms with van der Waals surface area (Å²) in [5.74, 6) is 1.79. The monoisotopic (exact) mass is 1270 g/mol. The van der Waals surface area contributed by atoms with Gasteiger partial charge in [0.1, 0.15) is 0 Å². The highest BCUT2D eigenvalue weighted by Crippen LogP contribution is 2.66. The van der Waals surface area contributed by atoms with Crippen LogP contribution in [0.2, 0.25) is 0 Å². The normalized spacial score (nSPS) is 13.6. The van der Waals surface area contributed by atoms with Crippen molar-refractivity contribution in [2.24, 2.45) is 0 Å². The first-order valence-corrected chi connectivity index (χ1v) is 34.6. The van der Waals surface area contributed by atoms with Gasteiger partial charge in [-0.3, -0.25) is 0 Å². The predicted molar refractivity (Wildman–Crippen MR) is 408 cm³/mol. The number of para-hydroxylation sites is 2. The molecule has 0 bridgehead atoms. The molecule has 0 saturated carbocycles. The molecule has 15 aromatic carbocycles. The Labute approximate surface area is 577 Å². The fourth-order valence-electron chi connectivity index (χ4n) is 18.5. The average Bonchev–Trinajstić information content (AvgIpc) is 1.51. The number of aromatic nitrogens is 5. The lowest BCUT2D eigenvalue weighted by Crippen LogP contribution is -2.25. The molecule has 3 aromatic heterocycles. The third kappa shape index (κ3) is 7.36. The van der Waals surface area contributed by atoms with E-state index in [2.05, 4.69) is 319 Å². The molecule has 0 unspecified atom stereocenters. The SMILES string of the molecule is c1ccc(-c2nc(-c3ccccc3)nc(-c3cc(-n4c5ccccc5c5cc(-c6cccc7c6-c6ccccc6C76c7ccccc7-c7ccccc76)ccc54)cc(-n4c5ccccc5c5cc(-c6cccc7c6-c6ccccc6C76c7ccccc7-c7ccccc76)ccc54)c3)n2)cc1. The van der Waals surface area contributed by atoms with Crippen molar-refractivity contribution < 1.29 is 0 Å². The second kappa shape index (κ2) is 20.7. The van der Waals surface area contributed by atoms with E-state index in [0.717, 1.165) is 50.1 Å². The molecule has 0 radical (unpaired) electrons. The van der Waals surface area contributed by atoms with Crippen molar-refractivity contribution in [3.05, 3.63) is 390 Å². The Morgan fingerprint density at radius 1 is 0.190 bits per heavy atom. The highest BCUT2D eigenvalue weighted by molar-refractivity contribution is 6.14. The maximum absolute atomic E-state index is 5.44. The number of rotatable bonds is 7. The molecule has 0 N–H and O–H groups in total. The van der Waals surface area contributed by atoms with E-state index in [1.807, 2.05) is 36.4 Å². The molecular weight excluding hydrogens is 1210 g/mol. The van der Waals surface area contributed by atoms with Crippen molar-refractivity contribution in [2.45, 2.75) is 10.8 Å². The minimum absolute atomic E-state index is 0.450. The van der Waals surface area contributed by atoms with Crippen LogP contribution in [0.4, 0.5) is 0 Å². The second-order valence-electron chi connectivity index (χ2n) is 27.2. The minimum Gasteiger partial charge on any atom is -0.309 e. The first-order valence-electron chi connectivity index (χ1n) is 34.6. The van der Waals surface area contributed by atoms with E-state index in [9.17, 15) is 0 Å². The van der Waals surface area contributed by atoms with Crippen LogP contribution < -0.4 is 0 Å². The summed E-state index contributed by atoms with van der Waals surface area (Å²) in [6, 6.07) is 128. The van der Waals surface area contributed by atoms with Crippen molar-refractivity contribution in [3.63, 3.8) is 0 Å². The van der Waals surface area contributed by atoms with Gasteiger partial charge in [0.05, 0.1) is 32.9 Å². The lowest BCUT2D eigenvalue weighted by Gasteiger charge is -2.30. The van der Waals surface area contributed by atoms with Gasteiger partial charge >= 0.3 is 0 Å². The standard InChI is InChI=1S/C95H57N5/c1-3-25-58(26-4-1)91-96-92(59-27-5-2-6-28-59)98-93(97-91)62-53-63(99-85-47-21-13-33-71(85)75-55-60(49-51-87(75)99)65-37-23-45-83-89(65)73-35-11-19-43-81(73)94(83)77-39-15-7-29-67(77)68-30-8-16-40-78(68)94)57-64(54-62)100-86-48-22-14-34-72(86)76-56-61(50-52-88(76)100)66-38-24-46-84-90(66)74-36-12-20-44-82(74)95(84)79-41-17-9-31-69(79)70-32-10-18-42-80(70)95/h1-57H. The summed E-state index contributed by atoms with van der Waals surface area (Å²) < 4.78 is 4.91. The maximum Gasteiger partial charge on any atom is 0.164 e. The van der Waals surface area contributed by atoms with Gasteiger partial charge < -0.3 is 9.13 Å². The molecule has 4 aliphatic carbocycles. The first-order chi connectivity index (χ1) is 49.6. The molecule has 0 aliphatic heterocycles. The number of hydrogen-bond acceptors (Lipinski definition) is 3. The molecule has 2 spiro atoms. The fourth-order valence-corrected chi connectivity index (χ4v) is 18.5. The van der Waals surface area contributed by atoms with Crippen molar-refractivity contribution in [1.29, 1.82) is 0 Å². The molecule has 4 aliphatic rings. The predicted octanol–water partition coefficient (Wildman–Crippen LogP) is 23.1. The van der Waals surface area contributed by atoms with Gasteiger partial charge in [-0.2, -0.15) is 0 Å². The van der Waals surface area contributed by atoms with E-state index in [1.54, 1.807) is 0 Å². The summed E-state index contributed by atoms with van der Waals surface area (Å²) in [5, 5.41) is 4.66. The lowest BCUT2D eigenvalue weighted by atomic mass is 9.70. The van der Waals surface area contributed by atoms with Crippen molar-refractivity contribution in [3.8, 4) is 112 Å². The third-order valence-electron chi connectivity index (χ3n) is 22.4. The molecule has 18 aromatic rings. The molecule has 0 atom stereocenters. The zero-order valence-corrected chi connectivity index (χ0v) is 54.1. The van der Waals surface area contributed by atoms with E-state index in [-0.39, 0.29) is 0 Å². The average molecular weight is 1270 g/mol. The van der Waals surface area contributed by atoms with Crippen LogP contribution in [0.15, 0.2) is 346 Å². The Balaban J connectivity index is 0.759. The highest BCUT2D eigenvalue weighted by Gasteiger charge is 2.54. The van der Waals surface area contributed by atoms with Crippen LogP contribution in [-0.4, -0.2) is 24.1 Å². The lowest BCUT2D eigenvalue weighted by molar-refractivity contribution is 0.794. The summed E-state index contributed by atoms with van der Waals surface area (Å²) in [6.07, 6.45) is 0. The van der Waals surface area contributed by atoms with Crippen LogP contribution in [-0.2, 0) is 10.8 Å². The Bertz CT molecular complexity index is 6070. The number of hydrogen-bond donors (Lipinski definition) is 0. The van der Waals surface area contributed by atoms with Gasteiger partial charge in [0.2, 0.25) is 0 Å². The smallest absolute Gasteiger partial charge is 0.164 e. The Morgan fingerprint density at radius 2 is 0.490 bits per heavy atom. The number of benzene rings is 15. The van der Waals surface area contributed by atoms with E-state index in [0.29, 0.717) is 17.5 Å². The highest BCUT2D eigenvalue weighted by atomic mass is 15.0. The number of fused-ring (bicyclic) bond motifs is 26. The molecule has 100 heavy (non-hydrogen) atoms. The van der Waals surface area contributed by atoms with Crippen molar-refractivity contribution >= 4 is 43.6 Å². The molecule has 5 nitrogen and oxygen atoms in total. The molecule has 0 saturated heterocycles. The third-order valence-corrected chi connectivity index (χ3v) is 22.4. The molecule has 462 valence electrons. The van der Waals surface area contributed by atoms with Gasteiger partial charge in [-0.15, -0.1) is 0 Å². The van der Waals surface area contributed by atoms with Crippen LogP contribution in [0.3, 0.4) is 0 Å². The summed E-state index contributed by atoms with van der Waals surface area (Å²) in [6.45, 7) is 0. The van der Waals surface area contributed by atoms with Gasteiger partial charge in [0.25, 0.3) is 0 Å². The molecule has 0 fully saturated rings. The Kier molecular flexibility index (Phi) is 11.4. The number of nitrogens with zero attached hydrogens (tertiary/aromatic N) is 5. The zero-order chi connectivity index (χ0) is 65.4. The van der Waals surface area contributed by atoms with Gasteiger partial charge in [0, 0.05) is 49.6 Å². The summed E-state index contributed by atoms with van der Waals surface area (Å²) in [5.41, 5.74) is 33.9. The van der Waals surface area contributed by atoms with E-state index in [1.165, 1.54) is 133 Å². The van der Waals surface area contributed by atoms with Crippen LogP contribution in [0.25, 0.3) is 156 Å². The maximum atomic E-state index is 5.44. The quantitative estimate of drug-likeness (QED) is 0.160. The van der Waals surface area contributed by atoms with Gasteiger partial charge in [-0.05, 0) is 166 Å². The van der Waals surface area contributed by atoms with Crippen LogP contribution in [0.5, 0.6) is 0 Å². The van der Waals surface area contributed by atoms with E-state index >= 15 is 0 Å². The van der Waals surface area contributed by atoms with E-state index < -0.39 is 10.8 Å². The molecule has 22 rings (SSSR count). The van der Waals surface area contributed by atoms with Crippen LogP contribution in [0, 0.1) is 0 Å². The van der Waals surface area contributed by atoms with Crippen LogP contribution in [0.1, 0.15) is 44.5 Å². The van der Waals surface area contributed by atoms with Gasteiger partial charge in [-0.1, -0.05) is 291 Å². The molecular formula is C95H57N5. The molecule has 0 amide bonds. The van der Waals surface area contributed by atoms with Crippen molar-refractivity contribution in [1.82, 2.24) is 24.1 Å². The topological polar surface area (TPSA) is 48.5 Å². The summed E-state index contributed by atoms with van der Waals surface area (Å²) in [4.78, 5) is 16.1. The Hall–Kier alpha value is -13.1. The largest absolute Gasteiger partial charge is 0.309 e. The van der Waals surface area contributed by atoms with Gasteiger partial charge in [-0.25, -0.2) is 15.0 Å². The minimum atomic E-state index is -0.450. The first kappa shape index (κ1) is 55.1. The molecule has 5 heteroatoms. The van der Waals surface area contributed by atoms with E-state index in [4.69, 9.17) is 15.0 Å². The second-order valence-corrected chi connectivity index (χ2v) is 27.2. The summed E-state index contributed by atoms with van der Waals surface area (Å²) >= 11 is 0. The summed E-state index contributed by atoms with van der Waals surface area (Å²) in [7, 11) is 0. The molecule has 3 heterocycles. The van der Waals surface area contributed by atoms with Gasteiger partial charge in [0.15, 0.2) is 17.5 Å². The van der Waals surface area contributed by atoms with Crippen LogP contribution >= 0.6 is 0 Å². The fraction of sp³-hybridized carbons (Fsp3) is 0.0211.